The van der Waals surface area contributed by atoms with Gasteiger partial charge in [0, 0.05) is 0 Å². The molecule has 80 valence electrons. The lowest BCUT2D eigenvalue weighted by Gasteiger charge is -2.38. The van der Waals surface area contributed by atoms with Crippen LogP contribution in [-0.2, 0) is 14.3 Å². The van der Waals surface area contributed by atoms with Crippen molar-refractivity contribution in [3.63, 3.8) is 0 Å². The highest BCUT2D eigenvalue weighted by Gasteiger charge is 2.46. The molecule has 0 radical (unpaired) electrons. The van der Waals surface area contributed by atoms with Gasteiger partial charge in [0.05, 0.1) is 7.11 Å². The van der Waals surface area contributed by atoms with Crippen molar-refractivity contribution < 1.29 is 19.4 Å². The van der Waals surface area contributed by atoms with E-state index in [0.29, 0.717) is 6.42 Å². The van der Waals surface area contributed by atoms with Crippen LogP contribution in [0.25, 0.3) is 0 Å². The van der Waals surface area contributed by atoms with Crippen LogP contribution < -0.4 is 5.32 Å². The molecule has 2 atom stereocenters. The van der Waals surface area contributed by atoms with Crippen molar-refractivity contribution in [3.8, 4) is 0 Å². The molecule has 1 aliphatic heterocycles. The van der Waals surface area contributed by atoms with Crippen molar-refractivity contribution in [2.24, 2.45) is 0 Å². The summed E-state index contributed by atoms with van der Waals surface area (Å²) in [4.78, 5) is 22.7. The minimum atomic E-state index is -1.38. The molecule has 0 aromatic rings. The first-order chi connectivity index (χ1) is 6.32. The van der Waals surface area contributed by atoms with Crippen molar-refractivity contribution in [2.75, 3.05) is 7.11 Å². The molecule has 14 heavy (non-hydrogen) atoms. The summed E-state index contributed by atoms with van der Waals surface area (Å²) in [5.41, 5.74) is -2.39. The molecule has 0 saturated carbocycles. The molecule has 1 amide bonds. The highest BCUT2D eigenvalue weighted by atomic mass is 16.5. The molecule has 1 aliphatic rings. The summed E-state index contributed by atoms with van der Waals surface area (Å²) >= 11 is 0. The van der Waals surface area contributed by atoms with E-state index >= 15 is 0 Å². The van der Waals surface area contributed by atoms with Gasteiger partial charge >= 0.3 is 5.97 Å². The quantitative estimate of drug-likeness (QED) is 0.565. The first-order valence-corrected chi connectivity index (χ1v) is 4.45. The first kappa shape index (κ1) is 11.0. The van der Waals surface area contributed by atoms with E-state index in [1.165, 1.54) is 14.0 Å². The van der Waals surface area contributed by atoms with Gasteiger partial charge in [-0.2, -0.15) is 0 Å². The molecule has 0 bridgehead atoms. The van der Waals surface area contributed by atoms with Gasteiger partial charge in [-0.25, -0.2) is 4.79 Å². The number of carbonyl (C=O) groups excluding carboxylic acids is 2. The van der Waals surface area contributed by atoms with Crippen molar-refractivity contribution in [1.82, 2.24) is 5.32 Å². The summed E-state index contributed by atoms with van der Waals surface area (Å²) in [6.45, 7) is 3.02. The van der Waals surface area contributed by atoms with Gasteiger partial charge in [-0.15, -0.1) is 0 Å². The monoisotopic (exact) mass is 201 g/mol. The van der Waals surface area contributed by atoms with Gasteiger partial charge in [0.15, 0.2) is 0 Å². The second kappa shape index (κ2) is 3.24. The Kier molecular flexibility index (Phi) is 2.54. The smallest absolute Gasteiger partial charge is 0.331 e. The fraction of sp³-hybridized carbons (Fsp3) is 0.778. The minimum absolute atomic E-state index is 0.254. The second-order valence-corrected chi connectivity index (χ2v) is 4.05. The topological polar surface area (TPSA) is 75.6 Å². The van der Waals surface area contributed by atoms with E-state index in [0.717, 1.165) is 0 Å². The lowest BCUT2D eigenvalue weighted by molar-refractivity contribution is -0.159. The van der Waals surface area contributed by atoms with Crippen LogP contribution in [0.3, 0.4) is 0 Å². The van der Waals surface area contributed by atoms with Crippen LogP contribution in [-0.4, -0.2) is 35.2 Å². The molecule has 2 N–H and O–H groups in total. The highest BCUT2D eigenvalue weighted by molar-refractivity contribution is 5.93. The van der Waals surface area contributed by atoms with E-state index < -0.39 is 23.0 Å². The second-order valence-electron chi connectivity index (χ2n) is 4.05. The summed E-state index contributed by atoms with van der Waals surface area (Å²) in [6, 6.07) is 0. The maximum atomic E-state index is 11.4. The number of ether oxygens (including phenoxy) is 1. The zero-order chi connectivity index (χ0) is 11.0. The maximum Gasteiger partial charge on any atom is 0.331 e. The first-order valence-electron chi connectivity index (χ1n) is 4.45. The molecule has 0 aromatic carbocycles. The molecular weight excluding hydrogens is 186 g/mol. The lowest BCUT2D eigenvalue weighted by atomic mass is 9.83. The van der Waals surface area contributed by atoms with Crippen LogP contribution in [0, 0.1) is 0 Å². The van der Waals surface area contributed by atoms with Crippen LogP contribution in [0.5, 0.6) is 0 Å². The Morgan fingerprint density at radius 2 is 2.07 bits per heavy atom. The number of methoxy groups -OCH3 is 1. The Bertz CT molecular complexity index is 274. The van der Waals surface area contributed by atoms with Gasteiger partial charge in [0.1, 0.15) is 11.1 Å². The third kappa shape index (κ3) is 1.72. The number of esters is 1. The molecular formula is C9H15NO4. The SMILES string of the molecule is COC(=O)C1(C)CCC(C)(O)C(=O)N1. The molecule has 0 spiro atoms. The zero-order valence-electron chi connectivity index (χ0n) is 8.59. The number of hydrogen-bond acceptors (Lipinski definition) is 4. The fourth-order valence-electron chi connectivity index (χ4n) is 1.43. The van der Waals surface area contributed by atoms with E-state index in [9.17, 15) is 14.7 Å². The average molecular weight is 201 g/mol. The molecule has 5 nitrogen and oxygen atoms in total. The third-order valence-corrected chi connectivity index (χ3v) is 2.63. The summed E-state index contributed by atoms with van der Waals surface area (Å²) in [6.07, 6.45) is 0.628. The predicted molar refractivity (Wildman–Crippen MR) is 48.4 cm³/mol. The molecule has 1 heterocycles. The molecule has 1 rings (SSSR count). The molecule has 1 fully saturated rings. The minimum Gasteiger partial charge on any atom is -0.467 e. The number of piperidine rings is 1. The molecule has 1 saturated heterocycles. The van der Waals surface area contributed by atoms with E-state index in [1.54, 1.807) is 6.92 Å². The van der Waals surface area contributed by atoms with Gasteiger partial charge < -0.3 is 15.2 Å². The Balaban J connectivity index is 2.81. The third-order valence-electron chi connectivity index (χ3n) is 2.63. The summed E-state index contributed by atoms with van der Waals surface area (Å²) in [5.74, 6) is -1.02. The Morgan fingerprint density at radius 3 is 2.50 bits per heavy atom. The van der Waals surface area contributed by atoms with E-state index in [2.05, 4.69) is 10.1 Å². The van der Waals surface area contributed by atoms with Gasteiger partial charge in [0.25, 0.3) is 5.91 Å². The van der Waals surface area contributed by atoms with Crippen LogP contribution in [0.4, 0.5) is 0 Å². The van der Waals surface area contributed by atoms with Crippen molar-refractivity contribution in [2.45, 2.75) is 37.8 Å². The van der Waals surface area contributed by atoms with E-state index in [4.69, 9.17) is 0 Å². The Labute approximate surface area is 82.4 Å². The highest BCUT2D eigenvalue weighted by Crippen LogP contribution is 2.26. The van der Waals surface area contributed by atoms with Crippen LogP contribution in [0.1, 0.15) is 26.7 Å². The van der Waals surface area contributed by atoms with Crippen LogP contribution in [0.2, 0.25) is 0 Å². The van der Waals surface area contributed by atoms with Crippen LogP contribution in [0.15, 0.2) is 0 Å². The number of nitrogens with one attached hydrogen (secondary N) is 1. The van der Waals surface area contributed by atoms with Gasteiger partial charge in [-0.05, 0) is 26.7 Å². The summed E-state index contributed by atoms with van der Waals surface area (Å²) < 4.78 is 4.57. The Hall–Kier alpha value is -1.10. The lowest BCUT2D eigenvalue weighted by Crippen LogP contribution is -2.63. The van der Waals surface area contributed by atoms with Gasteiger partial charge in [0.2, 0.25) is 0 Å². The fourth-order valence-corrected chi connectivity index (χ4v) is 1.43. The largest absolute Gasteiger partial charge is 0.467 e. The Morgan fingerprint density at radius 1 is 1.50 bits per heavy atom. The predicted octanol–water partition coefficient (Wildman–Crippen LogP) is -0.421. The molecule has 0 aliphatic carbocycles. The standard InChI is InChI=1S/C9H15NO4/c1-8(7(12)14-3)4-5-9(2,13)6(11)10-8/h13H,4-5H2,1-3H3,(H,10,11). The molecule has 2 unspecified atom stereocenters. The summed E-state index contributed by atoms with van der Waals surface area (Å²) in [7, 11) is 1.27. The number of aliphatic hydroxyl groups is 1. The number of hydrogen-bond donors (Lipinski definition) is 2. The normalized spacial score (nSPS) is 37.6. The van der Waals surface area contributed by atoms with Crippen molar-refractivity contribution in [3.05, 3.63) is 0 Å². The number of amides is 1. The molecule has 5 heteroatoms. The average Bonchev–Trinajstić information content (AvgIpc) is 2.11. The van der Waals surface area contributed by atoms with Gasteiger partial charge in [-0.1, -0.05) is 0 Å². The maximum absolute atomic E-state index is 11.4. The number of rotatable bonds is 1. The van der Waals surface area contributed by atoms with Crippen molar-refractivity contribution >= 4 is 11.9 Å². The zero-order valence-corrected chi connectivity index (χ0v) is 8.59. The van der Waals surface area contributed by atoms with E-state index in [1.807, 2.05) is 0 Å². The van der Waals surface area contributed by atoms with Crippen molar-refractivity contribution in [1.29, 1.82) is 0 Å². The molecule has 0 aromatic heterocycles. The summed E-state index contributed by atoms with van der Waals surface area (Å²) in [5, 5.41) is 12.0. The number of carbonyl (C=O) groups is 2. The van der Waals surface area contributed by atoms with E-state index in [-0.39, 0.29) is 6.42 Å². The van der Waals surface area contributed by atoms with Gasteiger partial charge in [-0.3, -0.25) is 4.79 Å². The van der Waals surface area contributed by atoms with Crippen LogP contribution >= 0.6 is 0 Å².